The number of benzene rings is 1. The zero-order valence-corrected chi connectivity index (χ0v) is 12.7. The molecule has 0 amide bonds. The first-order valence-electron chi connectivity index (χ1n) is 5.97. The van der Waals surface area contributed by atoms with Crippen molar-refractivity contribution >= 4 is 28.6 Å². The number of nitrogens with zero attached hydrogens (tertiary/aromatic N) is 2. The Morgan fingerprint density at radius 3 is 2.60 bits per heavy atom. The van der Waals surface area contributed by atoms with Gasteiger partial charge in [0, 0.05) is 0 Å². The number of hydrogen-bond acceptors (Lipinski definition) is 5. The van der Waals surface area contributed by atoms with Crippen LogP contribution in [-0.2, 0) is 4.74 Å². The van der Waals surface area contributed by atoms with E-state index in [-0.39, 0.29) is 0 Å². The molecule has 0 atom stereocenters. The van der Waals surface area contributed by atoms with Gasteiger partial charge in [-0.05, 0) is 39.2 Å². The number of carbonyl (C=O) groups excluding carboxylic acids is 1. The van der Waals surface area contributed by atoms with Crippen LogP contribution in [0, 0.1) is 11.5 Å². The van der Waals surface area contributed by atoms with Gasteiger partial charge in [0.05, 0.1) is 11.3 Å². The SMILES string of the molecule is CSC(=Nc1ccccc1C(=O)OC(C)(C)C)NC#N. The summed E-state index contributed by atoms with van der Waals surface area (Å²) in [6.07, 6.45) is 3.60. The van der Waals surface area contributed by atoms with Gasteiger partial charge in [-0.25, -0.2) is 9.79 Å². The molecule has 1 aromatic carbocycles. The first-order valence-corrected chi connectivity index (χ1v) is 7.20. The minimum absolute atomic E-state index is 0.369. The lowest BCUT2D eigenvalue weighted by Gasteiger charge is -2.20. The monoisotopic (exact) mass is 291 g/mol. The molecule has 0 bridgehead atoms. The van der Waals surface area contributed by atoms with Crippen molar-refractivity contribution in [2.45, 2.75) is 26.4 Å². The Bertz CT molecular complexity index is 556. The molecular formula is C14H17N3O2S. The van der Waals surface area contributed by atoms with E-state index in [0.29, 0.717) is 16.4 Å². The number of nitrogens with one attached hydrogen (secondary N) is 1. The largest absolute Gasteiger partial charge is 0.456 e. The third kappa shape index (κ3) is 4.94. The lowest BCUT2D eigenvalue weighted by atomic mass is 10.1. The minimum Gasteiger partial charge on any atom is -0.456 e. The zero-order valence-electron chi connectivity index (χ0n) is 11.9. The van der Waals surface area contributed by atoms with Crippen molar-refractivity contribution in [3.8, 4) is 6.19 Å². The smallest absolute Gasteiger partial charge is 0.340 e. The number of aliphatic imine (C=N–C) groups is 1. The van der Waals surface area contributed by atoms with Crippen LogP contribution in [0.15, 0.2) is 29.3 Å². The predicted octanol–water partition coefficient (Wildman–Crippen LogP) is 3.06. The van der Waals surface area contributed by atoms with Gasteiger partial charge in [-0.3, -0.25) is 5.32 Å². The molecule has 0 aliphatic rings. The van der Waals surface area contributed by atoms with Gasteiger partial charge in [-0.2, -0.15) is 5.26 Å². The van der Waals surface area contributed by atoms with Crippen LogP contribution >= 0.6 is 11.8 Å². The quantitative estimate of drug-likeness (QED) is 0.298. The van der Waals surface area contributed by atoms with E-state index in [1.54, 1.807) is 51.3 Å². The Labute approximate surface area is 123 Å². The molecule has 1 N–H and O–H groups in total. The average molecular weight is 291 g/mol. The maximum atomic E-state index is 12.1. The van der Waals surface area contributed by atoms with Gasteiger partial charge in [0.1, 0.15) is 5.60 Å². The van der Waals surface area contributed by atoms with Gasteiger partial charge < -0.3 is 4.74 Å². The summed E-state index contributed by atoms with van der Waals surface area (Å²) in [6.45, 7) is 5.42. The summed E-state index contributed by atoms with van der Waals surface area (Å²) in [5.41, 5.74) is 0.267. The first-order chi connectivity index (χ1) is 9.37. The molecular weight excluding hydrogens is 274 g/mol. The van der Waals surface area contributed by atoms with E-state index in [1.807, 2.05) is 6.19 Å². The second-order valence-electron chi connectivity index (χ2n) is 4.88. The molecule has 6 heteroatoms. The molecule has 0 saturated heterocycles. The van der Waals surface area contributed by atoms with Gasteiger partial charge >= 0.3 is 5.97 Å². The second kappa shape index (κ2) is 6.96. The predicted molar refractivity (Wildman–Crippen MR) is 81.0 cm³/mol. The number of rotatable bonds is 2. The first kappa shape index (κ1) is 16.1. The zero-order chi connectivity index (χ0) is 15.2. The van der Waals surface area contributed by atoms with Gasteiger partial charge in [0.2, 0.25) is 0 Å². The molecule has 0 aliphatic heterocycles. The fourth-order valence-corrected chi connectivity index (χ4v) is 1.70. The Balaban J connectivity index is 3.11. The highest BCUT2D eigenvalue weighted by Crippen LogP contribution is 2.23. The van der Waals surface area contributed by atoms with Crippen LogP contribution in [0.1, 0.15) is 31.1 Å². The van der Waals surface area contributed by atoms with Gasteiger partial charge in [0.25, 0.3) is 0 Å². The van der Waals surface area contributed by atoms with Crippen LogP contribution in [0.25, 0.3) is 0 Å². The standard InChI is InChI=1S/C14H17N3O2S/c1-14(2,3)19-12(18)10-7-5-6-8-11(10)17-13(20-4)16-9-15/h5-8H,1-4H3,(H,16,17). The van der Waals surface area contributed by atoms with Crippen LogP contribution in [0.5, 0.6) is 0 Å². The van der Waals surface area contributed by atoms with Gasteiger partial charge in [-0.15, -0.1) is 0 Å². The third-order valence-electron chi connectivity index (χ3n) is 2.10. The molecule has 0 unspecified atom stereocenters. The minimum atomic E-state index is -0.568. The van der Waals surface area contributed by atoms with Crippen LogP contribution in [0.4, 0.5) is 5.69 Å². The number of thioether (sulfide) groups is 1. The summed E-state index contributed by atoms with van der Waals surface area (Å²) in [5, 5.41) is 11.5. The molecule has 1 rings (SSSR count). The van der Waals surface area contributed by atoms with Crippen LogP contribution in [0.2, 0.25) is 0 Å². The lowest BCUT2D eigenvalue weighted by molar-refractivity contribution is 0.00706. The van der Waals surface area contributed by atoms with E-state index < -0.39 is 11.6 Å². The average Bonchev–Trinajstić information content (AvgIpc) is 2.36. The summed E-state index contributed by atoms with van der Waals surface area (Å²) in [6, 6.07) is 6.87. The van der Waals surface area contributed by atoms with E-state index in [1.165, 1.54) is 11.8 Å². The number of amidine groups is 1. The van der Waals surface area contributed by atoms with E-state index in [4.69, 9.17) is 10.00 Å². The fourth-order valence-electron chi connectivity index (χ4n) is 1.36. The van der Waals surface area contributed by atoms with Gasteiger partial charge in [0.15, 0.2) is 11.4 Å². The summed E-state index contributed by atoms with van der Waals surface area (Å²) in [5.74, 6) is -0.436. The Morgan fingerprint density at radius 1 is 1.40 bits per heavy atom. The Morgan fingerprint density at radius 2 is 2.05 bits per heavy atom. The van der Waals surface area contributed by atoms with Crippen molar-refractivity contribution in [2.24, 2.45) is 4.99 Å². The Kier molecular flexibility index (Phi) is 5.59. The summed E-state index contributed by atoms with van der Waals surface area (Å²) in [4.78, 5) is 16.4. The highest BCUT2D eigenvalue weighted by Gasteiger charge is 2.20. The number of para-hydroxylation sites is 1. The maximum absolute atomic E-state index is 12.1. The highest BCUT2D eigenvalue weighted by atomic mass is 32.2. The van der Waals surface area contributed by atoms with Crippen LogP contribution in [-0.4, -0.2) is 23.0 Å². The van der Waals surface area contributed by atoms with Crippen molar-refractivity contribution < 1.29 is 9.53 Å². The third-order valence-corrected chi connectivity index (χ3v) is 2.68. The van der Waals surface area contributed by atoms with Crippen LogP contribution in [0.3, 0.4) is 0 Å². The molecule has 5 nitrogen and oxygen atoms in total. The molecule has 20 heavy (non-hydrogen) atoms. The van der Waals surface area contributed by atoms with Crippen molar-refractivity contribution in [2.75, 3.05) is 6.26 Å². The molecule has 106 valence electrons. The molecule has 0 aromatic heterocycles. The molecule has 1 aromatic rings. The van der Waals surface area contributed by atoms with Crippen molar-refractivity contribution in [1.29, 1.82) is 5.26 Å². The molecule has 0 heterocycles. The highest BCUT2D eigenvalue weighted by molar-refractivity contribution is 8.13. The van der Waals surface area contributed by atoms with Crippen molar-refractivity contribution in [1.82, 2.24) is 5.32 Å². The number of hydrogen-bond donors (Lipinski definition) is 1. The molecule has 0 fully saturated rings. The Hall–Kier alpha value is -2.00. The lowest BCUT2D eigenvalue weighted by Crippen LogP contribution is -2.24. The molecule has 0 aliphatic carbocycles. The van der Waals surface area contributed by atoms with E-state index in [0.717, 1.165) is 0 Å². The summed E-state index contributed by atoms with van der Waals surface area (Å²) in [7, 11) is 0. The number of carbonyl (C=O) groups is 1. The number of nitriles is 1. The topological polar surface area (TPSA) is 74.5 Å². The van der Waals surface area contributed by atoms with Crippen molar-refractivity contribution in [3.63, 3.8) is 0 Å². The van der Waals surface area contributed by atoms with Gasteiger partial charge in [-0.1, -0.05) is 23.9 Å². The second-order valence-corrected chi connectivity index (χ2v) is 5.67. The normalized spacial score (nSPS) is 11.7. The molecule has 0 saturated carbocycles. The van der Waals surface area contributed by atoms with Crippen molar-refractivity contribution in [3.05, 3.63) is 29.8 Å². The molecule has 0 radical (unpaired) electrons. The summed E-state index contributed by atoms with van der Waals surface area (Å²) < 4.78 is 5.34. The number of ether oxygens (including phenoxy) is 1. The molecule has 0 spiro atoms. The summed E-state index contributed by atoms with van der Waals surface area (Å²) >= 11 is 1.29. The fraction of sp³-hybridized carbons (Fsp3) is 0.357. The number of esters is 1. The maximum Gasteiger partial charge on any atom is 0.340 e. The van der Waals surface area contributed by atoms with E-state index in [2.05, 4.69) is 10.3 Å². The van der Waals surface area contributed by atoms with Crippen LogP contribution < -0.4 is 5.32 Å². The van der Waals surface area contributed by atoms with E-state index >= 15 is 0 Å². The van der Waals surface area contributed by atoms with E-state index in [9.17, 15) is 4.79 Å².